The smallest absolute Gasteiger partial charge is 0.253 e. The number of amides is 1. The molecule has 2 aromatic heterocycles. The first-order valence-electron chi connectivity index (χ1n) is 10.1. The molecular formula is C22H23N5O2. The summed E-state index contributed by atoms with van der Waals surface area (Å²) in [5.74, 6) is 2.81. The van der Waals surface area contributed by atoms with E-state index in [1.54, 1.807) is 0 Å². The van der Waals surface area contributed by atoms with Crippen molar-refractivity contribution in [1.82, 2.24) is 20.0 Å². The molecule has 1 aliphatic carbocycles. The number of hydrogen-bond acceptors (Lipinski definition) is 6. The number of nitrogens with zero attached hydrogens (tertiary/aromatic N) is 5. The second-order valence-corrected chi connectivity index (χ2v) is 7.73. The van der Waals surface area contributed by atoms with Gasteiger partial charge >= 0.3 is 0 Å². The van der Waals surface area contributed by atoms with Crippen molar-refractivity contribution in [3.63, 3.8) is 0 Å². The van der Waals surface area contributed by atoms with E-state index in [0.717, 1.165) is 48.8 Å². The second-order valence-electron chi connectivity index (χ2n) is 7.73. The number of rotatable bonds is 4. The molecule has 0 N–H and O–H groups in total. The Morgan fingerprint density at radius 2 is 1.83 bits per heavy atom. The number of pyridine rings is 1. The van der Waals surface area contributed by atoms with Crippen molar-refractivity contribution < 1.29 is 9.32 Å². The van der Waals surface area contributed by atoms with Crippen LogP contribution in [0.25, 0.3) is 11.4 Å². The lowest BCUT2D eigenvalue weighted by molar-refractivity contribution is 0.0746. The molecule has 1 aliphatic heterocycles. The summed E-state index contributed by atoms with van der Waals surface area (Å²) in [5, 5.41) is 4.06. The highest BCUT2D eigenvalue weighted by Crippen LogP contribution is 2.39. The molecule has 1 saturated heterocycles. The van der Waals surface area contributed by atoms with E-state index < -0.39 is 0 Å². The Hall–Kier alpha value is -3.22. The van der Waals surface area contributed by atoms with Crippen molar-refractivity contribution >= 4 is 11.7 Å². The first-order chi connectivity index (χ1) is 14.2. The third-order valence-corrected chi connectivity index (χ3v) is 5.61. The van der Waals surface area contributed by atoms with Crippen LogP contribution in [0.4, 0.5) is 5.82 Å². The Morgan fingerprint density at radius 1 is 1.07 bits per heavy atom. The lowest BCUT2D eigenvalue weighted by Crippen LogP contribution is -2.49. The van der Waals surface area contributed by atoms with Crippen LogP contribution < -0.4 is 4.90 Å². The molecule has 1 saturated carbocycles. The lowest BCUT2D eigenvalue weighted by Gasteiger charge is -2.36. The highest BCUT2D eigenvalue weighted by molar-refractivity contribution is 5.94. The van der Waals surface area contributed by atoms with Crippen LogP contribution in [0.15, 0.2) is 47.1 Å². The van der Waals surface area contributed by atoms with Crippen LogP contribution in [0.5, 0.6) is 0 Å². The van der Waals surface area contributed by atoms with Gasteiger partial charge in [0.1, 0.15) is 5.82 Å². The van der Waals surface area contributed by atoms with Gasteiger partial charge < -0.3 is 14.3 Å². The summed E-state index contributed by atoms with van der Waals surface area (Å²) in [6, 6.07) is 11.5. The van der Waals surface area contributed by atoms with Crippen LogP contribution in [0.2, 0.25) is 0 Å². The Kier molecular flexibility index (Phi) is 4.50. The van der Waals surface area contributed by atoms with E-state index in [1.807, 2.05) is 41.4 Å². The van der Waals surface area contributed by atoms with E-state index in [-0.39, 0.29) is 5.91 Å². The Balaban J connectivity index is 1.23. The highest BCUT2D eigenvalue weighted by atomic mass is 16.5. The molecule has 1 aromatic carbocycles. The van der Waals surface area contributed by atoms with Crippen molar-refractivity contribution in [2.75, 3.05) is 31.1 Å². The van der Waals surface area contributed by atoms with Crippen molar-refractivity contribution in [3.8, 4) is 11.4 Å². The standard InChI is InChI=1S/C22H23N5O2/c1-15-3-2-10-23-20(15)26-11-13-27(14-12-26)22(28)18-8-4-16(5-9-18)19-24-21(29-25-19)17-6-7-17/h2-5,8-10,17H,6-7,11-14H2,1H3. The van der Waals surface area contributed by atoms with Crippen LogP contribution in [-0.4, -0.2) is 52.1 Å². The van der Waals surface area contributed by atoms with Gasteiger partial charge in [0.2, 0.25) is 11.7 Å². The molecule has 5 rings (SSSR count). The number of hydrogen-bond donors (Lipinski definition) is 0. The maximum absolute atomic E-state index is 12.9. The van der Waals surface area contributed by atoms with Gasteiger partial charge in [-0.1, -0.05) is 23.4 Å². The summed E-state index contributed by atoms with van der Waals surface area (Å²) in [5.41, 5.74) is 2.71. The molecule has 0 atom stereocenters. The first kappa shape index (κ1) is 17.8. The van der Waals surface area contributed by atoms with Crippen LogP contribution in [0, 0.1) is 6.92 Å². The fourth-order valence-electron chi connectivity index (χ4n) is 3.72. The SMILES string of the molecule is Cc1cccnc1N1CCN(C(=O)c2ccc(-c3noc(C4CC4)n3)cc2)CC1. The predicted molar refractivity (Wildman–Crippen MR) is 109 cm³/mol. The Labute approximate surface area is 169 Å². The number of aryl methyl sites for hydroxylation is 1. The minimum Gasteiger partial charge on any atom is -0.353 e. The molecular weight excluding hydrogens is 366 g/mol. The zero-order valence-electron chi connectivity index (χ0n) is 16.4. The number of aromatic nitrogens is 3. The third kappa shape index (κ3) is 3.60. The zero-order valence-corrected chi connectivity index (χ0v) is 16.4. The van der Waals surface area contributed by atoms with Gasteiger partial charge in [0.25, 0.3) is 5.91 Å². The quantitative estimate of drug-likeness (QED) is 0.682. The third-order valence-electron chi connectivity index (χ3n) is 5.61. The van der Waals surface area contributed by atoms with E-state index in [0.29, 0.717) is 30.4 Å². The summed E-state index contributed by atoms with van der Waals surface area (Å²) >= 11 is 0. The fraction of sp³-hybridized carbons (Fsp3) is 0.364. The van der Waals surface area contributed by atoms with Crippen molar-refractivity contribution in [3.05, 3.63) is 59.6 Å². The average molecular weight is 389 g/mol. The molecule has 3 heterocycles. The highest BCUT2D eigenvalue weighted by Gasteiger charge is 2.30. The van der Waals surface area contributed by atoms with E-state index in [2.05, 4.69) is 33.0 Å². The molecule has 3 aromatic rings. The van der Waals surface area contributed by atoms with Gasteiger partial charge in [-0.05, 0) is 43.5 Å². The van der Waals surface area contributed by atoms with Crippen LogP contribution in [0.3, 0.4) is 0 Å². The molecule has 7 nitrogen and oxygen atoms in total. The maximum Gasteiger partial charge on any atom is 0.253 e. The lowest BCUT2D eigenvalue weighted by atomic mass is 10.1. The van der Waals surface area contributed by atoms with Gasteiger partial charge in [-0.3, -0.25) is 4.79 Å². The van der Waals surface area contributed by atoms with E-state index in [9.17, 15) is 4.79 Å². The number of carbonyl (C=O) groups excluding carboxylic acids is 1. The maximum atomic E-state index is 12.9. The van der Waals surface area contributed by atoms with Gasteiger partial charge in [-0.25, -0.2) is 4.98 Å². The molecule has 148 valence electrons. The molecule has 0 unspecified atom stereocenters. The predicted octanol–water partition coefficient (Wildman–Crippen LogP) is 3.28. The average Bonchev–Trinajstić information content (AvgIpc) is 3.50. The minimum absolute atomic E-state index is 0.0562. The summed E-state index contributed by atoms with van der Waals surface area (Å²) in [6.45, 7) is 5.01. The van der Waals surface area contributed by atoms with Gasteiger partial charge in [0.05, 0.1) is 0 Å². The number of carbonyl (C=O) groups is 1. The first-order valence-corrected chi connectivity index (χ1v) is 10.1. The molecule has 2 fully saturated rings. The zero-order chi connectivity index (χ0) is 19.8. The molecule has 0 spiro atoms. The molecule has 29 heavy (non-hydrogen) atoms. The summed E-state index contributed by atoms with van der Waals surface area (Å²) in [4.78, 5) is 26.0. The largest absolute Gasteiger partial charge is 0.353 e. The van der Waals surface area contributed by atoms with E-state index in [1.165, 1.54) is 0 Å². The van der Waals surface area contributed by atoms with E-state index in [4.69, 9.17) is 4.52 Å². The number of benzene rings is 1. The normalized spacial score (nSPS) is 16.9. The van der Waals surface area contributed by atoms with Gasteiger partial charge in [0, 0.05) is 49.4 Å². The Morgan fingerprint density at radius 3 is 2.52 bits per heavy atom. The van der Waals surface area contributed by atoms with Gasteiger partial charge in [0.15, 0.2) is 0 Å². The molecule has 7 heteroatoms. The summed E-state index contributed by atoms with van der Waals surface area (Å²) in [6.07, 6.45) is 4.07. The van der Waals surface area contributed by atoms with Crippen LogP contribution >= 0.6 is 0 Å². The fourth-order valence-corrected chi connectivity index (χ4v) is 3.72. The monoisotopic (exact) mass is 389 g/mol. The number of anilines is 1. The molecule has 1 amide bonds. The van der Waals surface area contributed by atoms with Crippen LogP contribution in [0.1, 0.15) is 40.6 Å². The second kappa shape index (κ2) is 7.31. The van der Waals surface area contributed by atoms with E-state index >= 15 is 0 Å². The van der Waals surface area contributed by atoms with Gasteiger partial charge in [-0.2, -0.15) is 4.98 Å². The molecule has 0 radical (unpaired) electrons. The summed E-state index contributed by atoms with van der Waals surface area (Å²) in [7, 11) is 0. The molecule has 2 aliphatic rings. The minimum atomic E-state index is 0.0562. The van der Waals surface area contributed by atoms with Crippen molar-refractivity contribution in [2.24, 2.45) is 0 Å². The molecule has 0 bridgehead atoms. The number of piperazine rings is 1. The van der Waals surface area contributed by atoms with Crippen LogP contribution in [-0.2, 0) is 0 Å². The topological polar surface area (TPSA) is 75.4 Å². The van der Waals surface area contributed by atoms with Gasteiger partial charge in [-0.15, -0.1) is 0 Å². The van der Waals surface area contributed by atoms with Crippen molar-refractivity contribution in [1.29, 1.82) is 0 Å². The van der Waals surface area contributed by atoms with Crippen molar-refractivity contribution in [2.45, 2.75) is 25.7 Å². The summed E-state index contributed by atoms with van der Waals surface area (Å²) < 4.78 is 5.32. The Bertz CT molecular complexity index is 1020.